The van der Waals surface area contributed by atoms with Crippen LogP contribution in [0.2, 0.25) is 0 Å². The molecule has 1 atom stereocenters. The Labute approximate surface area is 102 Å². The lowest BCUT2D eigenvalue weighted by Crippen LogP contribution is -2.25. The van der Waals surface area contributed by atoms with Gasteiger partial charge in [-0.3, -0.25) is 0 Å². The molecule has 1 heterocycles. The van der Waals surface area contributed by atoms with E-state index < -0.39 is 18.6 Å². The first-order valence-corrected chi connectivity index (χ1v) is 5.15. The molecule has 1 unspecified atom stereocenters. The van der Waals surface area contributed by atoms with Crippen LogP contribution in [0.5, 0.6) is 6.01 Å². The smallest absolute Gasteiger partial charge is 0.391 e. The molecule has 18 heavy (non-hydrogen) atoms. The van der Waals surface area contributed by atoms with Gasteiger partial charge in [0, 0.05) is 13.1 Å². The number of halogens is 3. The average Bonchev–Trinajstić information content (AvgIpc) is 2.25. The van der Waals surface area contributed by atoms with Crippen molar-refractivity contribution in [3.63, 3.8) is 0 Å². The van der Waals surface area contributed by atoms with Crippen LogP contribution in [0.1, 0.15) is 13.3 Å². The molecule has 1 rings (SSSR count). The maximum absolute atomic E-state index is 12.2. The standard InChI is InChI=1S/C9H14F3N5O/c1-5(4-9(10,11)12)14-7-15-6(13-2)16-8(17-7)18-3/h5H,4H2,1-3H3,(H2,13,14,15,16,17). The van der Waals surface area contributed by atoms with Crippen LogP contribution in [0, 0.1) is 0 Å². The van der Waals surface area contributed by atoms with E-state index in [0.717, 1.165) is 0 Å². The number of nitrogens with one attached hydrogen (secondary N) is 2. The maximum atomic E-state index is 12.2. The summed E-state index contributed by atoms with van der Waals surface area (Å²) < 4.78 is 41.3. The van der Waals surface area contributed by atoms with E-state index in [1.165, 1.54) is 14.0 Å². The summed E-state index contributed by atoms with van der Waals surface area (Å²) in [5.41, 5.74) is 0. The minimum absolute atomic E-state index is 0.0241. The second-order valence-corrected chi connectivity index (χ2v) is 3.58. The van der Waals surface area contributed by atoms with Gasteiger partial charge in [-0.05, 0) is 6.92 Å². The molecule has 0 saturated carbocycles. The Bertz CT molecular complexity index is 376. The SMILES string of the molecule is CNc1nc(NC(C)CC(F)(F)F)nc(OC)n1. The summed E-state index contributed by atoms with van der Waals surface area (Å²) in [5.74, 6) is 0.242. The second-order valence-electron chi connectivity index (χ2n) is 3.58. The third-order valence-corrected chi connectivity index (χ3v) is 1.93. The number of hydrogen-bond donors (Lipinski definition) is 2. The van der Waals surface area contributed by atoms with Gasteiger partial charge in [0.15, 0.2) is 0 Å². The van der Waals surface area contributed by atoms with Crippen molar-refractivity contribution in [3.05, 3.63) is 0 Å². The van der Waals surface area contributed by atoms with E-state index in [9.17, 15) is 13.2 Å². The molecule has 6 nitrogen and oxygen atoms in total. The normalized spacial score (nSPS) is 13.0. The Morgan fingerprint density at radius 3 is 2.33 bits per heavy atom. The summed E-state index contributed by atoms with van der Waals surface area (Å²) >= 11 is 0. The van der Waals surface area contributed by atoms with Gasteiger partial charge in [-0.15, -0.1) is 0 Å². The van der Waals surface area contributed by atoms with Gasteiger partial charge in [0.1, 0.15) is 0 Å². The summed E-state index contributed by atoms with van der Waals surface area (Å²) in [5, 5.41) is 5.20. The van der Waals surface area contributed by atoms with Crippen molar-refractivity contribution in [2.24, 2.45) is 0 Å². The molecule has 0 aliphatic heterocycles. The van der Waals surface area contributed by atoms with Crippen LogP contribution in [0.25, 0.3) is 0 Å². The van der Waals surface area contributed by atoms with Crippen molar-refractivity contribution in [3.8, 4) is 6.01 Å². The Balaban J connectivity index is 2.77. The van der Waals surface area contributed by atoms with E-state index in [4.69, 9.17) is 4.74 Å². The Morgan fingerprint density at radius 2 is 1.83 bits per heavy atom. The Morgan fingerprint density at radius 1 is 1.22 bits per heavy atom. The molecule has 1 aromatic rings. The number of hydrogen-bond acceptors (Lipinski definition) is 6. The number of aromatic nitrogens is 3. The molecule has 0 aliphatic rings. The second kappa shape index (κ2) is 5.69. The van der Waals surface area contributed by atoms with Crippen LogP contribution in [0.3, 0.4) is 0 Å². The first-order valence-electron chi connectivity index (χ1n) is 5.15. The first-order chi connectivity index (χ1) is 8.34. The van der Waals surface area contributed by atoms with Crippen molar-refractivity contribution in [2.45, 2.75) is 25.6 Å². The van der Waals surface area contributed by atoms with E-state index in [2.05, 4.69) is 25.6 Å². The van der Waals surface area contributed by atoms with Crippen LogP contribution in [-0.2, 0) is 0 Å². The predicted molar refractivity (Wildman–Crippen MR) is 59.7 cm³/mol. The van der Waals surface area contributed by atoms with Crippen LogP contribution in [-0.4, -0.2) is 41.3 Å². The number of nitrogens with zero attached hydrogens (tertiary/aromatic N) is 3. The Kier molecular flexibility index (Phi) is 4.51. The molecular weight excluding hydrogens is 251 g/mol. The highest BCUT2D eigenvalue weighted by Crippen LogP contribution is 2.23. The zero-order valence-corrected chi connectivity index (χ0v) is 10.2. The molecule has 0 saturated heterocycles. The highest BCUT2D eigenvalue weighted by molar-refractivity contribution is 5.35. The summed E-state index contributed by atoms with van der Waals surface area (Å²) in [6, 6.07) is -0.821. The molecule has 0 aromatic carbocycles. The minimum atomic E-state index is -4.24. The predicted octanol–water partition coefficient (Wildman–Crippen LogP) is 1.67. The van der Waals surface area contributed by atoms with Gasteiger partial charge in [-0.1, -0.05) is 0 Å². The Hall–Kier alpha value is -1.80. The highest BCUT2D eigenvalue weighted by Gasteiger charge is 2.30. The van der Waals surface area contributed by atoms with E-state index in [0.29, 0.717) is 0 Å². The lowest BCUT2D eigenvalue weighted by Gasteiger charge is -2.16. The van der Waals surface area contributed by atoms with Gasteiger partial charge >= 0.3 is 12.2 Å². The zero-order valence-electron chi connectivity index (χ0n) is 10.2. The number of anilines is 2. The summed E-state index contributed by atoms with van der Waals surface area (Å²) in [6.07, 6.45) is -5.22. The fraction of sp³-hybridized carbons (Fsp3) is 0.667. The number of alkyl halides is 3. The first kappa shape index (κ1) is 14.3. The maximum Gasteiger partial charge on any atom is 0.391 e. The van der Waals surface area contributed by atoms with Crippen molar-refractivity contribution in [1.82, 2.24) is 15.0 Å². The summed E-state index contributed by atoms with van der Waals surface area (Å²) in [6.45, 7) is 1.39. The van der Waals surface area contributed by atoms with Crippen LogP contribution < -0.4 is 15.4 Å². The zero-order chi connectivity index (χ0) is 13.8. The van der Waals surface area contributed by atoms with Crippen molar-refractivity contribution < 1.29 is 17.9 Å². The molecule has 2 N–H and O–H groups in total. The number of methoxy groups -OCH3 is 1. The van der Waals surface area contributed by atoms with E-state index in [-0.39, 0.29) is 17.9 Å². The highest BCUT2D eigenvalue weighted by atomic mass is 19.4. The molecular formula is C9H14F3N5O. The molecule has 0 spiro atoms. The monoisotopic (exact) mass is 265 g/mol. The summed E-state index contributed by atoms with van der Waals surface area (Å²) in [7, 11) is 2.94. The topological polar surface area (TPSA) is 72.0 Å². The van der Waals surface area contributed by atoms with Gasteiger partial charge in [0.2, 0.25) is 11.9 Å². The van der Waals surface area contributed by atoms with E-state index >= 15 is 0 Å². The lowest BCUT2D eigenvalue weighted by atomic mass is 10.2. The molecule has 0 amide bonds. The van der Waals surface area contributed by atoms with Crippen LogP contribution in [0.15, 0.2) is 0 Å². The largest absolute Gasteiger partial charge is 0.467 e. The van der Waals surface area contributed by atoms with E-state index in [1.54, 1.807) is 7.05 Å². The molecule has 0 aliphatic carbocycles. The third-order valence-electron chi connectivity index (χ3n) is 1.93. The van der Waals surface area contributed by atoms with Crippen molar-refractivity contribution >= 4 is 11.9 Å². The quantitative estimate of drug-likeness (QED) is 0.843. The van der Waals surface area contributed by atoms with Gasteiger partial charge in [-0.2, -0.15) is 28.1 Å². The summed E-state index contributed by atoms with van der Waals surface area (Å²) in [4.78, 5) is 11.5. The average molecular weight is 265 g/mol. The third kappa shape index (κ3) is 4.60. The lowest BCUT2D eigenvalue weighted by molar-refractivity contribution is -0.136. The van der Waals surface area contributed by atoms with E-state index in [1.807, 2.05) is 0 Å². The van der Waals surface area contributed by atoms with Gasteiger partial charge in [0.25, 0.3) is 0 Å². The molecule has 1 aromatic heterocycles. The molecule has 0 bridgehead atoms. The minimum Gasteiger partial charge on any atom is -0.467 e. The van der Waals surface area contributed by atoms with Crippen LogP contribution >= 0.6 is 0 Å². The fourth-order valence-corrected chi connectivity index (χ4v) is 1.24. The van der Waals surface area contributed by atoms with Crippen LogP contribution in [0.4, 0.5) is 25.1 Å². The van der Waals surface area contributed by atoms with Gasteiger partial charge in [-0.25, -0.2) is 0 Å². The molecule has 9 heteroatoms. The number of rotatable bonds is 5. The molecule has 102 valence electrons. The molecule has 0 fully saturated rings. The fourth-order valence-electron chi connectivity index (χ4n) is 1.24. The van der Waals surface area contributed by atoms with Crippen molar-refractivity contribution in [2.75, 3.05) is 24.8 Å². The molecule has 0 radical (unpaired) electrons. The van der Waals surface area contributed by atoms with Crippen molar-refractivity contribution in [1.29, 1.82) is 0 Å². The number of ether oxygens (including phenoxy) is 1. The van der Waals surface area contributed by atoms with Gasteiger partial charge < -0.3 is 15.4 Å². The van der Waals surface area contributed by atoms with Gasteiger partial charge in [0.05, 0.1) is 13.5 Å².